The number of hydrogen-bond donors (Lipinski definition) is 1. The van der Waals surface area contributed by atoms with Crippen LogP contribution in [0.1, 0.15) is 41.2 Å². The Hall–Kier alpha value is -2.34. The quantitative estimate of drug-likeness (QED) is 0.377. The number of carbonyl (C=O) groups excluding carboxylic acids is 4. The van der Waals surface area contributed by atoms with Gasteiger partial charge in [0.1, 0.15) is 9.20 Å². The molecular formula is C21H17N3O4S4. The highest BCUT2D eigenvalue weighted by Gasteiger charge is 2.42. The number of rotatable bonds is 5. The minimum atomic E-state index is -0.472. The Kier molecular flexibility index (Phi) is 5.31. The van der Waals surface area contributed by atoms with Crippen LogP contribution >= 0.6 is 46.7 Å². The summed E-state index contributed by atoms with van der Waals surface area (Å²) in [6.07, 6.45) is 1.52. The molecule has 164 valence electrons. The number of carbonyl (C=O) groups is 4. The van der Waals surface area contributed by atoms with Crippen molar-refractivity contribution < 1.29 is 19.2 Å². The molecule has 0 spiro atoms. The summed E-state index contributed by atoms with van der Waals surface area (Å²) in [6, 6.07) is 3.82. The summed E-state index contributed by atoms with van der Waals surface area (Å²) in [5.41, 5.74) is 1.81. The van der Waals surface area contributed by atoms with Crippen molar-refractivity contribution in [2.24, 2.45) is 0 Å². The molecule has 32 heavy (non-hydrogen) atoms. The molecule has 0 radical (unpaired) electrons. The predicted octanol–water partition coefficient (Wildman–Crippen LogP) is 4.03. The van der Waals surface area contributed by atoms with Gasteiger partial charge >= 0.3 is 0 Å². The van der Waals surface area contributed by atoms with E-state index in [1.807, 2.05) is 26.0 Å². The van der Waals surface area contributed by atoms with E-state index < -0.39 is 11.7 Å². The van der Waals surface area contributed by atoms with Gasteiger partial charge < -0.3 is 15.1 Å². The molecule has 5 heterocycles. The average Bonchev–Trinajstić information content (AvgIpc) is 3.52. The smallest absolute Gasteiger partial charge is 0.300 e. The van der Waals surface area contributed by atoms with Gasteiger partial charge in [0.05, 0.1) is 26.7 Å². The van der Waals surface area contributed by atoms with E-state index in [-0.39, 0.29) is 11.8 Å². The maximum atomic E-state index is 13.2. The number of ketones is 1. The fourth-order valence-electron chi connectivity index (χ4n) is 3.99. The summed E-state index contributed by atoms with van der Waals surface area (Å²) in [5, 5.41) is 2.59. The second kappa shape index (κ2) is 7.91. The second-order valence-corrected chi connectivity index (χ2v) is 11.2. The Morgan fingerprint density at radius 1 is 0.875 bits per heavy atom. The summed E-state index contributed by atoms with van der Waals surface area (Å²) >= 11 is 8.94. The molecule has 0 bridgehead atoms. The first kappa shape index (κ1) is 21.5. The van der Waals surface area contributed by atoms with Gasteiger partial charge in [-0.3, -0.25) is 19.2 Å². The zero-order valence-electron chi connectivity index (χ0n) is 17.1. The van der Waals surface area contributed by atoms with Crippen molar-refractivity contribution >= 4 is 91.4 Å². The maximum absolute atomic E-state index is 13.2. The normalized spacial score (nSPS) is 20.0. The highest BCUT2D eigenvalue weighted by atomic mass is 32.2. The van der Waals surface area contributed by atoms with E-state index in [2.05, 4.69) is 5.32 Å². The molecule has 0 aliphatic carbocycles. The Balaban J connectivity index is 1.61. The van der Waals surface area contributed by atoms with Crippen molar-refractivity contribution in [3.63, 3.8) is 0 Å². The van der Waals surface area contributed by atoms with E-state index in [4.69, 9.17) is 12.2 Å². The van der Waals surface area contributed by atoms with E-state index in [9.17, 15) is 19.2 Å². The minimum absolute atomic E-state index is 0.189. The van der Waals surface area contributed by atoms with Gasteiger partial charge in [0.15, 0.2) is 0 Å². The number of anilines is 2. The van der Waals surface area contributed by atoms with Gasteiger partial charge in [0.2, 0.25) is 0 Å². The molecule has 7 nitrogen and oxygen atoms in total. The molecule has 0 aromatic carbocycles. The number of hydrogen-bond acceptors (Lipinski definition) is 8. The zero-order chi connectivity index (χ0) is 22.7. The van der Waals surface area contributed by atoms with Crippen molar-refractivity contribution in [3.05, 3.63) is 26.8 Å². The number of nitrogens with one attached hydrogen (secondary N) is 1. The SMILES string of the molecule is CCCN1C(=O)C(=O)c2sc(-c3cc4c(s3)/C(=C3\SC(=S)NC3=O)C(=O)N4CCC)cc21. The number of Topliss-reactive ketones (excluding diaryl/α,β-unsaturated/α-hetero) is 1. The molecule has 3 amide bonds. The van der Waals surface area contributed by atoms with Gasteiger partial charge in [-0.15, -0.1) is 22.7 Å². The molecule has 1 N–H and O–H groups in total. The van der Waals surface area contributed by atoms with Crippen LogP contribution in [0.3, 0.4) is 0 Å². The summed E-state index contributed by atoms with van der Waals surface area (Å²) in [5.74, 6) is -1.48. The summed E-state index contributed by atoms with van der Waals surface area (Å²) < 4.78 is 0.339. The van der Waals surface area contributed by atoms with E-state index in [1.165, 1.54) is 22.7 Å². The van der Waals surface area contributed by atoms with Crippen LogP contribution in [0, 0.1) is 0 Å². The van der Waals surface area contributed by atoms with Gasteiger partial charge in [0, 0.05) is 22.8 Å². The van der Waals surface area contributed by atoms with Crippen LogP contribution < -0.4 is 15.1 Å². The fourth-order valence-corrected chi connectivity index (χ4v) is 7.53. The largest absolute Gasteiger partial charge is 0.307 e. The topological polar surface area (TPSA) is 86.8 Å². The predicted molar refractivity (Wildman–Crippen MR) is 133 cm³/mol. The first-order valence-corrected chi connectivity index (χ1v) is 12.9. The van der Waals surface area contributed by atoms with Gasteiger partial charge in [-0.1, -0.05) is 37.8 Å². The fraction of sp³-hybridized carbons (Fsp3) is 0.286. The van der Waals surface area contributed by atoms with Crippen molar-refractivity contribution in [3.8, 4) is 9.75 Å². The van der Waals surface area contributed by atoms with Crippen molar-refractivity contribution in [2.45, 2.75) is 26.7 Å². The number of nitrogens with zero attached hydrogens (tertiary/aromatic N) is 2. The highest BCUT2D eigenvalue weighted by molar-refractivity contribution is 8.27. The minimum Gasteiger partial charge on any atom is -0.307 e. The summed E-state index contributed by atoms with van der Waals surface area (Å²) in [7, 11) is 0. The van der Waals surface area contributed by atoms with Crippen LogP contribution in [0.4, 0.5) is 11.4 Å². The first-order chi connectivity index (χ1) is 15.3. The third-order valence-electron chi connectivity index (χ3n) is 5.32. The lowest BCUT2D eigenvalue weighted by molar-refractivity contribution is -0.116. The zero-order valence-corrected chi connectivity index (χ0v) is 20.4. The van der Waals surface area contributed by atoms with Crippen molar-refractivity contribution in [1.29, 1.82) is 0 Å². The number of thiophene rings is 2. The number of thioether (sulfide) groups is 1. The number of amides is 3. The van der Waals surface area contributed by atoms with Crippen LogP contribution in [-0.2, 0) is 14.4 Å². The van der Waals surface area contributed by atoms with Crippen molar-refractivity contribution in [2.75, 3.05) is 22.9 Å². The maximum Gasteiger partial charge on any atom is 0.300 e. The van der Waals surface area contributed by atoms with E-state index >= 15 is 0 Å². The van der Waals surface area contributed by atoms with Crippen LogP contribution in [0.25, 0.3) is 15.3 Å². The van der Waals surface area contributed by atoms with Crippen LogP contribution in [0.15, 0.2) is 17.0 Å². The molecule has 1 fully saturated rings. The third-order valence-corrected chi connectivity index (χ3v) is 9.01. The van der Waals surface area contributed by atoms with Crippen molar-refractivity contribution in [1.82, 2.24) is 5.32 Å². The Labute approximate surface area is 201 Å². The summed E-state index contributed by atoms with van der Waals surface area (Å²) in [4.78, 5) is 56.8. The second-order valence-electron chi connectivity index (χ2n) is 7.44. The molecule has 0 unspecified atom stereocenters. The Bertz CT molecular complexity index is 1270. The monoisotopic (exact) mass is 503 g/mol. The van der Waals surface area contributed by atoms with Crippen LogP contribution in [-0.4, -0.2) is 40.9 Å². The molecular weight excluding hydrogens is 487 g/mol. The molecule has 11 heteroatoms. The van der Waals surface area contributed by atoms with Gasteiger partial charge in [-0.05, 0) is 25.0 Å². The highest BCUT2D eigenvalue weighted by Crippen LogP contribution is 2.51. The Morgan fingerprint density at radius 3 is 2.00 bits per heavy atom. The molecule has 0 atom stereocenters. The molecule has 2 aromatic heterocycles. The Morgan fingerprint density at radius 2 is 1.44 bits per heavy atom. The number of thiocarbonyl (C=S) groups is 1. The lowest BCUT2D eigenvalue weighted by Crippen LogP contribution is -2.30. The molecule has 2 aromatic rings. The van der Waals surface area contributed by atoms with Gasteiger partial charge in [0.25, 0.3) is 23.5 Å². The average molecular weight is 504 g/mol. The molecule has 3 aliphatic heterocycles. The molecule has 1 saturated heterocycles. The lowest BCUT2D eigenvalue weighted by atomic mass is 10.2. The van der Waals surface area contributed by atoms with Crippen LogP contribution in [0.5, 0.6) is 0 Å². The van der Waals surface area contributed by atoms with Crippen LogP contribution in [0.2, 0.25) is 0 Å². The third kappa shape index (κ3) is 3.10. The first-order valence-electron chi connectivity index (χ1n) is 10.1. The van der Waals surface area contributed by atoms with E-state index in [0.717, 1.165) is 44.9 Å². The standard InChI is InChI=1S/C21H17N3O4S4/c1-3-5-23-9-7-11(12-8-10-16(31-12)14(25)20(28)24(10)6-4-2)30-15(9)13(19(23)27)17-18(26)22-21(29)32-17/h7-8H,3-6H2,1-2H3,(H,22,26,29)/b17-13+. The van der Waals surface area contributed by atoms with E-state index in [1.54, 1.807) is 9.80 Å². The summed E-state index contributed by atoms with van der Waals surface area (Å²) in [6.45, 7) is 4.99. The lowest BCUT2D eigenvalue weighted by Gasteiger charge is -2.15. The van der Waals surface area contributed by atoms with E-state index in [0.29, 0.717) is 38.5 Å². The molecule has 3 aliphatic rings. The van der Waals surface area contributed by atoms with Gasteiger partial charge in [-0.25, -0.2) is 0 Å². The molecule has 0 saturated carbocycles. The molecule has 5 rings (SSSR count). The van der Waals surface area contributed by atoms with Gasteiger partial charge in [-0.2, -0.15) is 0 Å². The number of fused-ring (bicyclic) bond motifs is 2.